The number of H-pyrrole nitrogens is 1. The van der Waals surface area contributed by atoms with Crippen LogP contribution in [0, 0.1) is 0 Å². The van der Waals surface area contributed by atoms with E-state index in [1.807, 2.05) is 11.8 Å². The van der Waals surface area contributed by atoms with Gasteiger partial charge in [-0.2, -0.15) is 0 Å². The highest BCUT2D eigenvalue weighted by Crippen LogP contribution is 2.59. The maximum Gasteiger partial charge on any atom is 0.0470 e. The molecule has 2 heterocycles. The minimum absolute atomic E-state index is 0.0795. The van der Waals surface area contributed by atoms with E-state index in [0.717, 1.165) is 0 Å². The second-order valence-electron chi connectivity index (χ2n) is 8.86. The Bertz CT molecular complexity index is 1540. The van der Waals surface area contributed by atoms with Crippen LogP contribution >= 0.6 is 11.8 Å². The van der Waals surface area contributed by atoms with Gasteiger partial charge >= 0.3 is 0 Å². The minimum atomic E-state index is 0.0795. The van der Waals surface area contributed by atoms with Crippen molar-refractivity contribution in [3.8, 4) is 11.1 Å². The predicted molar refractivity (Wildman–Crippen MR) is 133 cm³/mol. The normalized spacial score (nSPS) is 21.3. The maximum absolute atomic E-state index is 3.54. The van der Waals surface area contributed by atoms with E-state index in [1.54, 1.807) is 0 Å². The zero-order valence-electron chi connectivity index (χ0n) is 17.2. The summed E-state index contributed by atoms with van der Waals surface area (Å²) in [6.07, 6.45) is 4.71. The Labute approximate surface area is 185 Å². The Morgan fingerprint density at radius 3 is 2.48 bits per heavy atom. The van der Waals surface area contributed by atoms with E-state index in [0.29, 0.717) is 5.92 Å². The van der Waals surface area contributed by atoms with Crippen LogP contribution in [0.25, 0.3) is 39.0 Å². The molecule has 1 nitrogen and oxygen atoms in total. The number of thioether (sulfide) groups is 1. The van der Waals surface area contributed by atoms with Gasteiger partial charge in [0.1, 0.15) is 0 Å². The molecule has 1 N–H and O–H groups in total. The second kappa shape index (κ2) is 6.15. The lowest BCUT2D eigenvalue weighted by Crippen LogP contribution is -2.26. The summed E-state index contributed by atoms with van der Waals surface area (Å²) in [4.78, 5) is 4.95. The third kappa shape index (κ3) is 2.46. The molecule has 1 aliphatic heterocycles. The first-order chi connectivity index (χ1) is 15.2. The summed E-state index contributed by atoms with van der Waals surface area (Å²) < 4.78 is 0.0795. The highest BCUT2D eigenvalue weighted by atomic mass is 32.2. The van der Waals surface area contributed by atoms with Crippen LogP contribution in [0.2, 0.25) is 0 Å². The third-order valence-corrected chi connectivity index (χ3v) is 8.37. The van der Waals surface area contributed by atoms with Gasteiger partial charge in [-0.1, -0.05) is 66.7 Å². The Balaban J connectivity index is 1.40. The average Bonchev–Trinajstić information content (AvgIpc) is 3.32. The number of hydrogen-bond acceptors (Lipinski definition) is 1. The van der Waals surface area contributed by atoms with Crippen molar-refractivity contribution in [3.63, 3.8) is 0 Å². The van der Waals surface area contributed by atoms with Gasteiger partial charge in [0.15, 0.2) is 0 Å². The summed E-state index contributed by atoms with van der Waals surface area (Å²) in [5.41, 5.74) is 9.22. The van der Waals surface area contributed by atoms with E-state index in [2.05, 4.69) is 109 Å². The molecule has 5 aromatic rings. The molecule has 0 fully saturated rings. The maximum atomic E-state index is 3.54. The summed E-state index contributed by atoms with van der Waals surface area (Å²) in [7, 11) is 0. The zero-order valence-corrected chi connectivity index (χ0v) is 18.0. The number of rotatable bonds is 1. The van der Waals surface area contributed by atoms with Crippen molar-refractivity contribution in [2.75, 3.05) is 0 Å². The summed E-state index contributed by atoms with van der Waals surface area (Å²) in [6.45, 7) is 2.38. The quantitative estimate of drug-likeness (QED) is 0.293. The van der Waals surface area contributed by atoms with Gasteiger partial charge in [0, 0.05) is 37.4 Å². The number of nitrogens with one attached hydrogen (secondary N) is 1. The Morgan fingerprint density at radius 1 is 0.742 bits per heavy atom. The number of hydrogen-bond donors (Lipinski definition) is 1. The van der Waals surface area contributed by atoms with E-state index in [-0.39, 0.29) is 4.75 Å². The first-order valence-electron chi connectivity index (χ1n) is 10.8. The SMILES string of the molecule is CC12C=Cc3ccccc3C1c1cc(-c3ccc4[nH]c5ccccc5c4c3)ccc1S2. The minimum Gasteiger partial charge on any atom is -0.355 e. The molecule has 2 heteroatoms. The number of para-hydroxylation sites is 1. The molecule has 0 saturated heterocycles. The molecule has 4 aromatic carbocycles. The Hall–Kier alpha value is -3.23. The van der Waals surface area contributed by atoms with Gasteiger partial charge in [-0.15, -0.1) is 11.8 Å². The standard InChI is InChI=1S/C29H21NS/c1-29-15-14-18-6-2-3-7-21(18)28(29)24-17-20(11-13-27(24)31-29)19-10-12-26-23(16-19)22-8-4-5-9-25(22)30-26/h2-17,28,30H,1H3. The summed E-state index contributed by atoms with van der Waals surface area (Å²) in [5.74, 6) is 0.394. The van der Waals surface area contributed by atoms with Crippen LogP contribution in [-0.4, -0.2) is 9.73 Å². The molecule has 1 aromatic heterocycles. The van der Waals surface area contributed by atoms with Crippen LogP contribution in [0.1, 0.15) is 29.5 Å². The lowest BCUT2D eigenvalue weighted by Gasteiger charge is -2.33. The van der Waals surface area contributed by atoms with Crippen LogP contribution in [-0.2, 0) is 0 Å². The van der Waals surface area contributed by atoms with Crippen LogP contribution in [0.15, 0.2) is 95.9 Å². The van der Waals surface area contributed by atoms with E-state index in [1.165, 1.54) is 54.5 Å². The topological polar surface area (TPSA) is 15.8 Å². The molecule has 2 aliphatic rings. The number of aromatic amines is 1. The smallest absolute Gasteiger partial charge is 0.0470 e. The molecular formula is C29H21NS. The summed E-state index contributed by atoms with van der Waals surface area (Å²) >= 11 is 2.00. The van der Waals surface area contributed by atoms with E-state index >= 15 is 0 Å². The fraction of sp³-hybridized carbons (Fsp3) is 0.103. The lowest BCUT2D eigenvalue weighted by atomic mass is 9.75. The van der Waals surface area contributed by atoms with E-state index in [4.69, 9.17) is 0 Å². The van der Waals surface area contributed by atoms with E-state index in [9.17, 15) is 0 Å². The van der Waals surface area contributed by atoms with Crippen molar-refractivity contribution in [2.24, 2.45) is 0 Å². The summed E-state index contributed by atoms with van der Waals surface area (Å²) in [5, 5.41) is 2.58. The molecule has 2 atom stereocenters. The van der Waals surface area contributed by atoms with Gasteiger partial charge < -0.3 is 4.98 Å². The van der Waals surface area contributed by atoms with Crippen LogP contribution < -0.4 is 0 Å². The molecule has 0 spiro atoms. The molecule has 0 amide bonds. The van der Waals surface area contributed by atoms with Crippen molar-refractivity contribution >= 4 is 39.6 Å². The highest BCUT2D eigenvalue weighted by Gasteiger charge is 2.45. The summed E-state index contributed by atoms with van der Waals surface area (Å²) in [6, 6.07) is 31.3. The van der Waals surface area contributed by atoms with Crippen LogP contribution in [0.5, 0.6) is 0 Å². The van der Waals surface area contributed by atoms with Gasteiger partial charge in [0.25, 0.3) is 0 Å². The van der Waals surface area contributed by atoms with Crippen molar-refractivity contribution in [1.29, 1.82) is 0 Å². The third-order valence-electron chi connectivity index (χ3n) is 6.96. The van der Waals surface area contributed by atoms with Crippen LogP contribution in [0.3, 0.4) is 0 Å². The van der Waals surface area contributed by atoms with Crippen molar-refractivity contribution in [3.05, 3.63) is 108 Å². The molecule has 0 saturated carbocycles. The van der Waals surface area contributed by atoms with Crippen molar-refractivity contribution in [1.82, 2.24) is 4.98 Å². The van der Waals surface area contributed by atoms with Crippen LogP contribution in [0.4, 0.5) is 0 Å². The first-order valence-corrected chi connectivity index (χ1v) is 11.6. The van der Waals surface area contributed by atoms with E-state index < -0.39 is 0 Å². The van der Waals surface area contributed by atoms with Gasteiger partial charge in [0.2, 0.25) is 0 Å². The highest BCUT2D eigenvalue weighted by molar-refractivity contribution is 8.01. The molecule has 1 aliphatic carbocycles. The predicted octanol–water partition coefficient (Wildman–Crippen LogP) is 8.01. The van der Waals surface area contributed by atoms with Crippen molar-refractivity contribution in [2.45, 2.75) is 22.5 Å². The number of aromatic nitrogens is 1. The lowest BCUT2D eigenvalue weighted by molar-refractivity contribution is 0.682. The first kappa shape index (κ1) is 17.5. The molecule has 31 heavy (non-hydrogen) atoms. The number of fused-ring (bicyclic) bond motifs is 8. The average molecular weight is 416 g/mol. The number of benzene rings is 4. The van der Waals surface area contributed by atoms with Gasteiger partial charge in [0.05, 0.1) is 0 Å². The Morgan fingerprint density at radius 2 is 1.52 bits per heavy atom. The monoisotopic (exact) mass is 415 g/mol. The molecule has 7 rings (SSSR count). The molecule has 0 bridgehead atoms. The molecule has 0 radical (unpaired) electrons. The second-order valence-corrected chi connectivity index (χ2v) is 10.4. The fourth-order valence-electron chi connectivity index (χ4n) is 5.47. The van der Waals surface area contributed by atoms with Crippen molar-refractivity contribution < 1.29 is 0 Å². The molecule has 148 valence electrons. The van der Waals surface area contributed by atoms with Gasteiger partial charge in [-0.3, -0.25) is 0 Å². The molecule has 2 unspecified atom stereocenters. The Kier molecular flexibility index (Phi) is 3.46. The zero-order chi connectivity index (χ0) is 20.6. The van der Waals surface area contributed by atoms with Gasteiger partial charge in [-0.05, 0) is 65.1 Å². The fourth-order valence-corrected chi connectivity index (χ4v) is 6.88. The van der Waals surface area contributed by atoms with Gasteiger partial charge in [-0.25, -0.2) is 0 Å². The molecular weight excluding hydrogens is 394 g/mol. The largest absolute Gasteiger partial charge is 0.355 e.